The van der Waals surface area contributed by atoms with Gasteiger partial charge < -0.3 is 0 Å². The second kappa shape index (κ2) is 14.0. The van der Waals surface area contributed by atoms with Crippen LogP contribution in [0.4, 0.5) is 5.69 Å². The molecule has 0 bridgehead atoms. The summed E-state index contributed by atoms with van der Waals surface area (Å²) in [7, 11) is 0. The van der Waals surface area contributed by atoms with Crippen molar-refractivity contribution in [3.8, 4) is 11.1 Å². The van der Waals surface area contributed by atoms with Gasteiger partial charge in [0, 0.05) is 11.0 Å². The Morgan fingerprint density at radius 1 is 0.484 bits per heavy atom. The van der Waals surface area contributed by atoms with E-state index in [1.807, 2.05) is 81.4 Å². The average Bonchev–Trinajstić information content (AvgIpc) is 3.92. The van der Waals surface area contributed by atoms with Gasteiger partial charge in [0.2, 0.25) is 0 Å². The molecule has 64 heavy (non-hydrogen) atoms. The van der Waals surface area contributed by atoms with Crippen molar-refractivity contribution in [1.29, 1.82) is 0 Å². The molecule has 10 rings (SSSR count). The second-order valence-electron chi connectivity index (χ2n) is 20.4. The van der Waals surface area contributed by atoms with Crippen molar-refractivity contribution in [2.24, 2.45) is 0 Å². The van der Waals surface area contributed by atoms with Crippen LogP contribution in [0.1, 0.15) is 174 Å². The van der Waals surface area contributed by atoms with E-state index in [9.17, 15) is 19.2 Å². The summed E-state index contributed by atoms with van der Waals surface area (Å²) in [6.45, 7) is 19.7. The number of carbonyl (C=O) groups excluding carboxylic acids is 4. The smallest absolute Gasteiger partial charge is 0.266 e. The third-order valence-corrected chi connectivity index (χ3v) is 16.2. The van der Waals surface area contributed by atoms with Crippen molar-refractivity contribution in [2.45, 2.75) is 115 Å². The fourth-order valence-corrected chi connectivity index (χ4v) is 11.8. The summed E-state index contributed by atoms with van der Waals surface area (Å²) < 4.78 is 0. The molecular formula is C58H56N2O4. The van der Waals surface area contributed by atoms with Crippen LogP contribution in [-0.4, -0.2) is 34.1 Å². The van der Waals surface area contributed by atoms with Crippen LogP contribution in [0.25, 0.3) is 11.1 Å². The first kappa shape index (κ1) is 41.6. The SMILES string of the molecule is CCC(C)(CC)c1ccc2c(c1)C(C)(C)CC2(C)c1ccc(N2C(=O)c3ccc(C4(c5ccc6c(c5)C(=O)N(C(C)(C)CC)C6=O)c5ccccc5-c5ccccc54)cc3C2=O)cc1. The number of amides is 4. The van der Waals surface area contributed by atoms with E-state index in [0.717, 1.165) is 58.2 Å². The molecule has 6 aromatic carbocycles. The van der Waals surface area contributed by atoms with E-state index >= 15 is 0 Å². The zero-order valence-corrected chi connectivity index (χ0v) is 38.5. The Bertz CT molecular complexity index is 2960. The van der Waals surface area contributed by atoms with Gasteiger partial charge in [-0.2, -0.15) is 0 Å². The quantitative estimate of drug-likeness (QED) is 0.136. The maximum Gasteiger partial charge on any atom is 0.266 e. The van der Waals surface area contributed by atoms with Crippen LogP contribution in [0.3, 0.4) is 0 Å². The molecule has 4 aliphatic rings. The predicted octanol–water partition coefficient (Wildman–Crippen LogP) is 12.7. The number of carbonyl (C=O) groups is 4. The van der Waals surface area contributed by atoms with E-state index in [4.69, 9.17) is 0 Å². The summed E-state index contributed by atoms with van der Waals surface area (Å²) in [5.41, 5.74) is 11.1. The first-order valence-corrected chi connectivity index (χ1v) is 23.0. The maximum atomic E-state index is 14.7. The van der Waals surface area contributed by atoms with Crippen molar-refractivity contribution < 1.29 is 19.2 Å². The molecule has 6 heteroatoms. The van der Waals surface area contributed by atoms with Gasteiger partial charge in [0.15, 0.2) is 0 Å². The van der Waals surface area contributed by atoms with Crippen LogP contribution in [-0.2, 0) is 21.7 Å². The second-order valence-corrected chi connectivity index (χ2v) is 20.4. The highest BCUT2D eigenvalue weighted by molar-refractivity contribution is 6.34. The van der Waals surface area contributed by atoms with Gasteiger partial charge in [-0.05, 0) is 142 Å². The van der Waals surface area contributed by atoms with Crippen molar-refractivity contribution in [3.05, 3.63) is 194 Å². The Hall–Kier alpha value is -6.40. The summed E-state index contributed by atoms with van der Waals surface area (Å²) in [6, 6.07) is 42.9. The lowest BCUT2D eigenvalue weighted by Crippen LogP contribution is -2.47. The van der Waals surface area contributed by atoms with Crippen LogP contribution < -0.4 is 4.90 Å². The highest BCUT2D eigenvalue weighted by Crippen LogP contribution is 2.58. The fourth-order valence-electron chi connectivity index (χ4n) is 11.8. The normalized spacial score (nSPS) is 19.2. The van der Waals surface area contributed by atoms with E-state index in [1.165, 1.54) is 26.5 Å². The number of rotatable bonds is 9. The third kappa shape index (κ3) is 5.50. The molecule has 1 unspecified atom stereocenters. The molecule has 0 N–H and O–H groups in total. The van der Waals surface area contributed by atoms with Gasteiger partial charge in [-0.15, -0.1) is 0 Å². The van der Waals surface area contributed by atoms with E-state index in [1.54, 1.807) is 12.1 Å². The summed E-state index contributed by atoms with van der Waals surface area (Å²) in [5, 5.41) is 0. The highest BCUT2D eigenvalue weighted by Gasteiger charge is 2.51. The van der Waals surface area contributed by atoms with Crippen LogP contribution in [0, 0.1) is 0 Å². The van der Waals surface area contributed by atoms with Gasteiger partial charge in [0.1, 0.15) is 0 Å². The van der Waals surface area contributed by atoms with Gasteiger partial charge in [-0.1, -0.05) is 139 Å². The molecule has 0 fully saturated rings. The molecule has 2 heterocycles. The first-order chi connectivity index (χ1) is 30.5. The highest BCUT2D eigenvalue weighted by atomic mass is 16.2. The molecule has 0 saturated heterocycles. The Morgan fingerprint density at radius 2 is 0.984 bits per heavy atom. The van der Waals surface area contributed by atoms with E-state index in [-0.39, 0.29) is 39.9 Å². The summed E-state index contributed by atoms with van der Waals surface area (Å²) in [5.74, 6) is -1.34. The average molecular weight is 845 g/mol. The van der Waals surface area contributed by atoms with Gasteiger partial charge >= 0.3 is 0 Å². The van der Waals surface area contributed by atoms with Crippen LogP contribution in [0.5, 0.6) is 0 Å². The van der Waals surface area contributed by atoms with Crippen molar-refractivity contribution in [3.63, 3.8) is 0 Å². The molecule has 6 aromatic rings. The molecule has 0 saturated carbocycles. The molecule has 1 atom stereocenters. The monoisotopic (exact) mass is 844 g/mol. The number of imide groups is 2. The summed E-state index contributed by atoms with van der Waals surface area (Å²) in [4.78, 5) is 59.8. The number of nitrogens with zero attached hydrogens (tertiary/aromatic N) is 2. The molecule has 0 spiro atoms. The van der Waals surface area contributed by atoms with E-state index in [2.05, 4.69) is 96.1 Å². The molecule has 0 aromatic heterocycles. The van der Waals surface area contributed by atoms with E-state index < -0.39 is 11.0 Å². The number of anilines is 1. The molecule has 4 amide bonds. The summed E-state index contributed by atoms with van der Waals surface area (Å²) in [6.07, 6.45) is 3.73. The van der Waals surface area contributed by atoms with Gasteiger partial charge in [-0.25, -0.2) is 4.90 Å². The molecule has 2 aliphatic heterocycles. The number of hydrogen-bond donors (Lipinski definition) is 0. The largest absolute Gasteiger partial charge is 0.269 e. The minimum atomic E-state index is -0.972. The zero-order chi connectivity index (χ0) is 45.3. The standard InChI is InChI=1S/C58H56N2O4/c1-10-55(6,7)60-52(63)43-29-24-38(32-45(43)53(60)64)58(46-19-15-13-17-40(46)41-18-14-16-20-47(41)58)37-23-28-42-44(31-37)51(62)59(50(42)61)39-26-21-35(22-27-39)57(9)34-54(4,5)49-33-36(25-30-48(49)57)56(8,11-2)12-3/h13-33H,10-12,34H2,1-9H3. The number of fused-ring (bicyclic) bond motifs is 6. The zero-order valence-electron chi connectivity index (χ0n) is 38.5. The minimum Gasteiger partial charge on any atom is -0.269 e. The van der Waals surface area contributed by atoms with Crippen LogP contribution in [0.2, 0.25) is 0 Å². The molecule has 2 aliphatic carbocycles. The fraction of sp³-hybridized carbons (Fsp3) is 0.310. The minimum absolute atomic E-state index is 0.0296. The number of hydrogen-bond acceptors (Lipinski definition) is 4. The predicted molar refractivity (Wildman–Crippen MR) is 255 cm³/mol. The Kier molecular flexibility index (Phi) is 9.13. The topological polar surface area (TPSA) is 74.8 Å². The lowest BCUT2D eigenvalue weighted by Gasteiger charge is -2.34. The van der Waals surface area contributed by atoms with Gasteiger partial charge in [-0.3, -0.25) is 24.1 Å². The number of benzene rings is 6. The van der Waals surface area contributed by atoms with Crippen molar-refractivity contribution in [2.75, 3.05) is 4.90 Å². The lowest BCUT2D eigenvalue weighted by atomic mass is 9.67. The Labute approximate surface area is 377 Å². The summed E-state index contributed by atoms with van der Waals surface area (Å²) >= 11 is 0. The van der Waals surface area contributed by atoms with Gasteiger partial charge in [0.05, 0.1) is 33.4 Å². The van der Waals surface area contributed by atoms with E-state index in [0.29, 0.717) is 34.4 Å². The Morgan fingerprint density at radius 3 is 1.55 bits per heavy atom. The van der Waals surface area contributed by atoms with Crippen molar-refractivity contribution >= 4 is 29.3 Å². The third-order valence-electron chi connectivity index (χ3n) is 16.2. The molecular weight excluding hydrogens is 789 g/mol. The van der Waals surface area contributed by atoms with Gasteiger partial charge in [0.25, 0.3) is 23.6 Å². The van der Waals surface area contributed by atoms with Crippen molar-refractivity contribution in [1.82, 2.24) is 4.90 Å². The van der Waals surface area contributed by atoms with Crippen LogP contribution >= 0.6 is 0 Å². The first-order valence-electron chi connectivity index (χ1n) is 23.0. The lowest BCUT2D eigenvalue weighted by molar-refractivity contribution is 0.0474. The molecule has 6 nitrogen and oxygen atoms in total. The maximum absolute atomic E-state index is 14.7. The Balaban J connectivity index is 1.05. The molecule has 322 valence electrons. The molecule has 0 radical (unpaired) electrons. The van der Waals surface area contributed by atoms with Crippen LogP contribution in [0.15, 0.2) is 127 Å².